The van der Waals surface area contributed by atoms with E-state index in [0.717, 1.165) is 0 Å². The first kappa shape index (κ1) is 15.3. The molecule has 7 nitrogen and oxygen atoms in total. The van der Waals surface area contributed by atoms with Gasteiger partial charge in [-0.1, -0.05) is 13.3 Å². The molecule has 0 amide bonds. The summed E-state index contributed by atoms with van der Waals surface area (Å²) in [5.74, 6) is 0.352. The van der Waals surface area contributed by atoms with Gasteiger partial charge in [-0.25, -0.2) is 19.3 Å². The van der Waals surface area contributed by atoms with Gasteiger partial charge < -0.3 is 5.32 Å². The lowest BCUT2D eigenvalue weighted by atomic mass is 9.96. The maximum Gasteiger partial charge on any atom is 0.170 e. The Morgan fingerprint density at radius 1 is 1.43 bits per heavy atom. The van der Waals surface area contributed by atoms with Gasteiger partial charge in [0.2, 0.25) is 0 Å². The third-order valence-electron chi connectivity index (χ3n) is 3.73. The molecule has 3 atom stereocenters. The fraction of sp³-hybridized carbons (Fsp3) is 0.615. The number of imidazole rings is 1. The average molecular weight is 294 g/mol. The molecule has 0 radical (unpaired) electrons. The molecule has 0 spiro atoms. The predicted octanol–water partition coefficient (Wildman–Crippen LogP) is 2.91. The maximum atomic E-state index is 13.5. The molecule has 114 valence electrons. The van der Waals surface area contributed by atoms with E-state index in [1.54, 1.807) is 11.6 Å². The lowest BCUT2D eigenvalue weighted by molar-refractivity contribution is 0.208. The second-order valence-electron chi connectivity index (χ2n) is 4.96. The lowest BCUT2D eigenvalue weighted by Crippen LogP contribution is -2.18. The third kappa shape index (κ3) is 2.98. The van der Waals surface area contributed by atoms with Crippen molar-refractivity contribution >= 4 is 17.0 Å². The first-order chi connectivity index (χ1) is 10.1. The molecule has 8 heteroatoms. The van der Waals surface area contributed by atoms with Crippen molar-refractivity contribution in [2.24, 2.45) is 11.1 Å². The number of fused-ring (bicyclic) bond motifs is 1. The first-order valence-electron chi connectivity index (χ1n) is 6.94. The highest BCUT2D eigenvalue weighted by molar-refractivity contribution is 5.82. The van der Waals surface area contributed by atoms with Crippen LogP contribution in [-0.4, -0.2) is 32.7 Å². The molecule has 2 aromatic rings. The van der Waals surface area contributed by atoms with Crippen LogP contribution < -0.4 is 5.32 Å². The molecule has 0 aliphatic carbocycles. The molecule has 2 rings (SSSR count). The van der Waals surface area contributed by atoms with Crippen LogP contribution in [0.2, 0.25) is 0 Å². The van der Waals surface area contributed by atoms with E-state index in [4.69, 9.17) is 0 Å². The highest BCUT2D eigenvalue weighted by Crippen LogP contribution is 2.28. The Hall–Kier alpha value is -2.12. The van der Waals surface area contributed by atoms with Gasteiger partial charge in [0.15, 0.2) is 17.6 Å². The van der Waals surface area contributed by atoms with Gasteiger partial charge >= 0.3 is 0 Å². The molecule has 0 fully saturated rings. The Labute approximate surface area is 122 Å². The highest BCUT2D eigenvalue weighted by Gasteiger charge is 2.24. The number of nitrogens with zero attached hydrogens (tertiary/aromatic N) is 5. The van der Waals surface area contributed by atoms with Gasteiger partial charge in [0.1, 0.15) is 18.0 Å². The molecule has 0 aromatic carbocycles. The highest BCUT2D eigenvalue weighted by atomic mass is 19.1. The van der Waals surface area contributed by atoms with Gasteiger partial charge in [0.25, 0.3) is 0 Å². The number of aromatic nitrogens is 4. The van der Waals surface area contributed by atoms with Crippen LogP contribution in [0.15, 0.2) is 17.8 Å². The summed E-state index contributed by atoms with van der Waals surface area (Å²) in [6.07, 6.45) is 2.15. The summed E-state index contributed by atoms with van der Waals surface area (Å²) in [6.45, 7) is 3.40. The number of hydrogen-bond donors (Lipinski definition) is 1. The Kier molecular flexibility index (Phi) is 4.77. The van der Waals surface area contributed by atoms with Crippen molar-refractivity contribution in [2.75, 3.05) is 12.4 Å². The van der Waals surface area contributed by atoms with Gasteiger partial charge in [-0.15, -0.1) is 4.91 Å². The summed E-state index contributed by atoms with van der Waals surface area (Å²) in [4.78, 5) is 23.6. The molecule has 0 aliphatic heterocycles. The van der Waals surface area contributed by atoms with Gasteiger partial charge in [0, 0.05) is 7.05 Å². The largest absolute Gasteiger partial charge is 0.371 e. The number of rotatable bonds is 7. The SMILES string of the molecule is CCC(CC(N=O)n1cnc2c(NC)ncnc21)C(C)F. The van der Waals surface area contributed by atoms with Crippen LogP contribution in [0.25, 0.3) is 11.2 Å². The Bertz CT molecular complexity index is 614. The van der Waals surface area contributed by atoms with Gasteiger partial charge in [-0.05, 0) is 24.4 Å². The molecule has 2 aromatic heterocycles. The van der Waals surface area contributed by atoms with Crippen molar-refractivity contribution in [3.05, 3.63) is 17.6 Å². The summed E-state index contributed by atoms with van der Waals surface area (Å²) in [5.41, 5.74) is 1.08. The van der Waals surface area contributed by atoms with Crippen molar-refractivity contribution in [3.8, 4) is 0 Å². The summed E-state index contributed by atoms with van der Waals surface area (Å²) >= 11 is 0. The lowest BCUT2D eigenvalue weighted by Gasteiger charge is -2.20. The van der Waals surface area contributed by atoms with Crippen LogP contribution in [0.5, 0.6) is 0 Å². The Morgan fingerprint density at radius 2 is 2.19 bits per heavy atom. The summed E-state index contributed by atoms with van der Waals surface area (Å²) < 4.78 is 15.1. The van der Waals surface area contributed by atoms with E-state index in [2.05, 4.69) is 25.4 Å². The molecule has 21 heavy (non-hydrogen) atoms. The molecule has 0 saturated heterocycles. The van der Waals surface area contributed by atoms with Crippen LogP contribution in [0, 0.1) is 10.8 Å². The zero-order chi connectivity index (χ0) is 15.4. The van der Waals surface area contributed by atoms with Crippen LogP contribution >= 0.6 is 0 Å². The van der Waals surface area contributed by atoms with Gasteiger partial charge in [-0.3, -0.25) is 4.57 Å². The zero-order valence-corrected chi connectivity index (χ0v) is 12.3. The van der Waals surface area contributed by atoms with E-state index in [0.29, 0.717) is 29.8 Å². The molecule has 2 heterocycles. The summed E-state index contributed by atoms with van der Waals surface area (Å²) in [6, 6.07) is 0. The molecular weight excluding hydrogens is 275 g/mol. The van der Waals surface area contributed by atoms with Crippen LogP contribution in [0.4, 0.5) is 10.2 Å². The third-order valence-corrected chi connectivity index (χ3v) is 3.73. The van der Waals surface area contributed by atoms with Gasteiger partial charge in [-0.2, -0.15) is 0 Å². The van der Waals surface area contributed by atoms with E-state index in [-0.39, 0.29) is 5.92 Å². The number of nitroso groups, excluding NO2 is 1. The number of hydrogen-bond acceptors (Lipinski definition) is 6. The van der Waals surface area contributed by atoms with E-state index in [1.807, 2.05) is 6.92 Å². The maximum absolute atomic E-state index is 13.5. The molecule has 3 unspecified atom stereocenters. The normalized spacial score (nSPS) is 15.6. The van der Waals surface area contributed by atoms with Crippen LogP contribution in [0.3, 0.4) is 0 Å². The standard InChI is InChI=1S/C13H19FN6O/c1-4-9(8(2)14)5-10(19-21)20-7-18-11-12(15-3)16-6-17-13(11)20/h6-10H,4-5H2,1-3H3,(H,15,16,17). The minimum Gasteiger partial charge on any atom is -0.371 e. The number of nitrogens with one attached hydrogen (secondary N) is 1. The topological polar surface area (TPSA) is 85.1 Å². The molecule has 0 bridgehead atoms. The van der Waals surface area contributed by atoms with Gasteiger partial charge in [0.05, 0.1) is 6.33 Å². The van der Waals surface area contributed by atoms with E-state index in [9.17, 15) is 9.30 Å². The van der Waals surface area contributed by atoms with Crippen LogP contribution in [0.1, 0.15) is 32.9 Å². The Morgan fingerprint density at radius 3 is 2.76 bits per heavy atom. The van der Waals surface area contributed by atoms with E-state index >= 15 is 0 Å². The van der Waals surface area contributed by atoms with Crippen molar-refractivity contribution < 1.29 is 4.39 Å². The van der Waals surface area contributed by atoms with Crippen molar-refractivity contribution in [1.82, 2.24) is 19.5 Å². The van der Waals surface area contributed by atoms with Crippen molar-refractivity contribution in [1.29, 1.82) is 0 Å². The first-order valence-corrected chi connectivity index (χ1v) is 6.94. The zero-order valence-electron chi connectivity index (χ0n) is 12.3. The average Bonchev–Trinajstić information content (AvgIpc) is 2.92. The van der Waals surface area contributed by atoms with Crippen LogP contribution in [-0.2, 0) is 0 Å². The summed E-state index contributed by atoms with van der Waals surface area (Å²) in [7, 11) is 1.73. The minimum absolute atomic E-state index is 0.226. The fourth-order valence-corrected chi connectivity index (χ4v) is 2.41. The Balaban J connectivity index is 2.37. The van der Waals surface area contributed by atoms with E-state index in [1.165, 1.54) is 19.6 Å². The quantitative estimate of drug-likeness (QED) is 0.794. The number of anilines is 1. The second kappa shape index (κ2) is 6.55. The molecule has 0 aliphatic rings. The number of alkyl halides is 1. The minimum atomic E-state index is -0.989. The fourth-order valence-electron chi connectivity index (χ4n) is 2.41. The molecule has 0 saturated carbocycles. The monoisotopic (exact) mass is 294 g/mol. The molecular formula is C13H19FN6O. The summed E-state index contributed by atoms with van der Waals surface area (Å²) in [5, 5.41) is 6.05. The number of halogens is 1. The molecule has 1 N–H and O–H groups in total. The van der Waals surface area contributed by atoms with Crippen molar-refractivity contribution in [3.63, 3.8) is 0 Å². The van der Waals surface area contributed by atoms with E-state index < -0.39 is 12.3 Å². The van der Waals surface area contributed by atoms with Crippen molar-refractivity contribution in [2.45, 2.75) is 39.0 Å². The predicted molar refractivity (Wildman–Crippen MR) is 78.7 cm³/mol. The smallest absolute Gasteiger partial charge is 0.170 e. The second-order valence-corrected chi connectivity index (χ2v) is 4.96.